The van der Waals surface area contributed by atoms with Crippen LogP contribution in [0.25, 0.3) is 0 Å². The van der Waals surface area contributed by atoms with E-state index in [0.717, 1.165) is 0 Å². The maximum Gasteiger partial charge on any atom is 0.308 e. The molecule has 14 heteroatoms. The number of hydrogen-bond acceptors (Lipinski definition) is 10. The highest BCUT2D eigenvalue weighted by atomic mass is 35.5. The number of aromatic nitrogens is 1. The molecule has 2 aromatic rings. The third-order valence-corrected chi connectivity index (χ3v) is 5.59. The molecule has 0 spiro atoms. The molecular weight excluding hydrogens is 527 g/mol. The highest BCUT2D eigenvalue weighted by molar-refractivity contribution is 6.35. The minimum Gasteiger partial charge on any atom is -0.506 e. The van der Waals surface area contributed by atoms with Crippen LogP contribution in [0.4, 0.5) is 5.69 Å². The van der Waals surface area contributed by atoms with Crippen LogP contribution in [0.15, 0.2) is 29.4 Å². The molecule has 1 aliphatic rings. The van der Waals surface area contributed by atoms with Crippen molar-refractivity contribution in [3.05, 3.63) is 45.6 Å². The van der Waals surface area contributed by atoms with Crippen molar-refractivity contribution in [2.45, 2.75) is 19.4 Å². The van der Waals surface area contributed by atoms with Gasteiger partial charge in [-0.1, -0.05) is 23.2 Å². The Morgan fingerprint density at radius 2 is 2.03 bits per heavy atom. The van der Waals surface area contributed by atoms with Crippen LogP contribution in [0.1, 0.15) is 35.3 Å². The number of esters is 1. The number of pyridine rings is 1. The molecule has 0 aliphatic carbocycles. The van der Waals surface area contributed by atoms with Crippen molar-refractivity contribution < 1.29 is 29.0 Å². The SMILES string of the molecule is CCOC(=O)CC(NC(=O)CNC(=O)c1cnc(OC)c(NC2=NCCN2)c1)c1cc(Cl)cc(Cl)c1O. The van der Waals surface area contributed by atoms with E-state index in [9.17, 15) is 19.5 Å². The van der Waals surface area contributed by atoms with Crippen molar-refractivity contribution in [2.24, 2.45) is 4.99 Å². The van der Waals surface area contributed by atoms with E-state index in [2.05, 4.69) is 31.2 Å². The molecule has 1 atom stereocenters. The summed E-state index contributed by atoms with van der Waals surface area (Å²) in [6.07, 6.45) is 1.00. The van der Waals surface area contributed by atoms with E-state index in [0.29, 0.717) is 24.7 Å². The standard InChI is InChI=1S/C23H26Cl2N6O6/c1-3-37-19(33)9-16(14-7-13(24)8-15(25)20(14)34)30-18(32)11-28-21(35)12-6-17(22(36-2)29-10-12)31-23-26-4-5-27-23/h6-8,10,16,34H,3-5,9,11H2,1-2H3,(H,28,35)(H,30,32)(H2,26,27,31). The van der Waals surface area contributed by atoms with Gasteiger partial charge in [-0.25, -0.2) is 4.98 Å². The fourth-order valence-corrected chi connectivity index (χ4v) is 3.93. The number of carbonyl (C=O) groups is 3. The molecule has 2 amide bonds. The van der Waals surface area contributed by atoms with Crippen molar-refractivity contribution in [1.29, 1.82) is 0 Å². The molecule has 198 valence electrons. The number of carbonyl (C=O) groups excluding carboxylic acids is 3. The van der Waals surface area contributed by atoms with Gasteiger partial charge in [0, 0.05) is 23.3 Å². The summed E-state index contributed by atoms with van der Waals surface area (Å²) < 4.78 is 10.2. The summed E-state index contributed by atoms with van der Waals surface area (Å²) in [6, 6.07) is 3.20. The molecule has 1 unspecified atom stereocenters. The van der Waals surface area contributed by atoms with Crippen molar-refractivity contribution in [3.8, 4) is 11.6 Å². The Bertz CT molecular complexity index is 1210. The summed E-state index contributed by atoms with van der Waals surface area (Å²) in [5.41, 5.74) is 0.705. The third-order valence-electron chi connectivity index (χ3n) is 5.09. The van der Waals surface area contributed by atoms with Crippen LogP contribution in [0.2, 0.25) is 10.0 Å². The predicted octanol–water partition coefficient (Wildman–Crippen LogP) is 2.01. The number of phenols is 1. The second-order valence-corrected chi connectivity index (χ2v) is 8.54. The summed E-state index contributed by atoms with van der Waals surface area (Å²) in [4.78, 5) is 45.9. The van der Waals surface area contributed by atoms with Gasteiger partial charge in [-0.2, -0.15) is 0 Å². The second-order valence-electron chi connectivity index (χ2n) is 7.70. The van der Waals surface area contributed by atoms with Crippen LogP contribution in [-0.4, -0.2) is 67.2 Å². The highest BCUT2D eigenvalue weighted by Crippen LogP contribution is 2.36. The molecule has 0 saturated heterocycles. The largest absolute Gasteiger partial charge is 0.506 e. The number of halogens is 2. The quantitative estimate of drug-likeness (QED) is 0.277. The molecule has 37 heavy (non-hydrogen) atoms. The normalized spacial score (nSPS) is 13.1. The van der Waals surface area contributed by atoms with Gasteiger partial charge in [0.05, 0.1) is 49.9 Å². The number of rotatable bonds is 10. The zero-order chi connectivity index (χ0) is 26.9. The van der Waals surface area contributed by atoms with E-state index < -0.39 is 30.4 Å². The summed E-state index contributed by atoms with van der Waals surface area (Å²) >= 11 is 12.1. The van der Waals surface area contributed by atoms with Crippen LogP contribution in [0.5, 0.6) is 11.6 Å². The summed E-state index contributed by atoms with van der Waals surface area (Å²) in [7, 11) is 1.44. The van der Waals surface area contributed by atoms with Crippen LogP contribution in [0, 0.1) is 0 Å². The third kappa shape index (κ3) is 7.61. The van der Waals surface area contributed by atoms with Crippen LogP contribution in [-0.2, 0) is 14.3 Å². The van der Waals surface area contributed by atoms with Gasteiger partial charge in [0.25, 0.3) is 5.91 Å². The van der Waals surface area contributed by atoms with Crippen molar-refractivity contribution in [1.82, 2.24) is 20.9 Å². The molecule has 5 N–H and O–H groups in total. The van der Waals surface area contributed by atoms with E-state index >= 15 is 0 Å². The molecule has 0 radical (unpaired) electrons. The highest BCUT2D eigenvalue weighted by Gasteiger charge is 2.24. The van der Waals surface area contributed by atoms with Crippen molar-refractivity contribution >= 4 is 52.6 Å². The molecule has 1 aliphatic heterocycles. The number of nitrogens with one attached hydrogen (secondary N) is 4. The Morgan fingerprint density at radius 3 is 2.70 bits per heavy atom. The molecule has 0 bridgehead atoms. The number of methoxy groups -OCH3 is 1. The molecule has 2 heterocycles. The van der Waals surface area contributed by atoms with Gasteiger partial charge in [0.2, 0.25) is 11.8 Å². The van der Waals surface area contributed by atoms with Gasteiger partial charge in [-0.3, -0.25) is 19.4 Å². The molecule has 0 saturated carbocycles. The van der Waals surface area contributed by atoms with E-state index in [1.807, 2.05) is 0 Å². The number of benzene rings is 1. The molecular formula is C23H26Cl2N6O6. The molecule has 1 aromatic carbocycles. The van der Waals surface area contributed by atoms with Crippen LogP contribution in [0.3, 0.4) is 0 Å². The van der Waals surface area contributed by atoms with E-state index in [4.69, 9.17) is 32.7 Å². The van der Waals surface area contributed by atoms with Gasteiger partial charge < -0.3 is 35.8 Å². The zero-order valence-electron chi connectivity index (χ0n) is 20.1. The van der Waals surface area contributed by atoms with Gasteiger partial charge in [0.1, 0.15) is 11.4 Å². The lowest BCUT2D eigenvalue weighted by Crippen LogP contribution is -2.39. The monoisotopic (exact) mass is 552 g/mol. The number of phenolic OH excluding ortho intramolecular Hbond substituents is 1. The smallest absolute Gasteiger partial charge is 0.308 e. The zero-order valence-corrected chi connectivity index (χ0v) is 21.6. The number of anilines is 1. The molecule has 0 fully saturated rings. The summed E-state index contributed by atoms with van der Waals surface area (Å²) in [5.74, 6) is -1.39. The van der Waals surface area contributed by atoms with Gasteiger partial charge in [-0.15, -0.1) is 0 Å². The molecule has 12 nitrogen and oxygen atoms in total. The number of hydrogen-bond donors (Lipinski definition) is 5. The van der Waals surface area contributed by atoms with Crippen LogP contribution >= 0.6 is 23.2 Å². The first kappa shape index (κ1) is 27.8. The number of aromatic hydroxyl groups is 1. The lowest BCUT2D eigenvalue weighted by Gasteiger charge is -2.20. The number of nitrogens with zero attached hydrogens (tertiary/aromatic N) is 2. The maximum absolute atomic E-state index is 12.7. The van der Waals surface area contributed by atoms with Gasteiger partial charge in [0.15, 0.2) is 5.96 Å². The summed E-state index contributed by atoms with van der Waals surface area (Å²) in [5, 5.41) is 21.7. The average Bonchev–Trinajstić information content (AvgIpc) is 3.37. The summed E-state index contributed by atoms with van der Waals surface area (Å²) in [6.45, 7) is 2.64. The Labute approximate surface area is 222 Å². The number of ether oxygens (including phenoxy) is 2. The molecule has 1 aromatic heterocycles. The maximum atomic E-state index is 12.7. The lowest BCUT2D eigenvalue weighted by molar-refractivity contribution is -0.143. The Hall–Kier alpha value is -3.77. The number of amides is 2. The van der Waals surface area contributed by atoms with Gasteiger partial charge >= 0.3 is 5.97 Å². The van der Waals surface area contributed by atoms with Crippen molar-refractivity contribution in [2.75, 3.05) is 38.7 Å². The second kappa shape index (κ2) is 13.0. The average molecular weight is 553 g/mol. The lowest BCUT2D eigenvalue weighted by atomic mass is 10.0. The van der Waals surface area contributed by atoms with E-state index in [1.165, 1.54) is 31.5 Å². The van der Waals surface area contributed by atoms with Gasteiger partial charge in [-0.05, 0) is 25.1 Å². The van der Waals surface area contributed by atoms with E-state index in [-0.39, 0.29) is 45.8 Å². The Kier molecular flexibility index (Phi) is 9.75. The molecule has 3 rings (SSSR count). The minimum absolute atomic E-state index is 0.0471. The first-order valence-corrected chi connectivity index (χ1v) is 12.0. The minimum atomic E-state index is -1.02. The first-order chi connectivity index (χ1) is 17.7. The number of aliphatic imine (C=N–C) groups is 1. The fourth-order valence-electron chi connectivity index (χ4n) is 3.42. The fraction of sp³-hybridized carbons (Fsp3) is 0.348. The van der Waals surface area contributed by atoms with E-state index in [1.54, 1.807) is 6.92 Å². The topological polar surface area (TPSA) is 163 Å². The van der Waals surface area contributed by atoms with Crippen LogP contribution < -0.4 is 26.0 Å². The Balaban J connectivity index is 1.69. The predicted molar refractivity (Wildman–Crippen MR) is 137 cm³/mol. The first-order valence-electron chi connectivity index (χ1n) is 11.2. The van der Waals surface area contributed by atoms with Crippen molar-refractivity contribution in [3.63, 3.8) is 0 Å². The Morgan fingerprint density at radius 1 is 1.24 bits per heavy atom. The number of guanidine groups is 1.